The van der Waals surface area contributed by atoms with E-state index in [9.17, 15) is 9.59 Å². The van der Waals surface area contributed by atoms with Gasteiger partial charge in [-0.25, -0.2) is 9.97 Å². The Bertz CT molecular complexity index is 976. The van der Waals surface area contributed by atoms with Crippen molar-refractivity contribution in [3.8, 4) is 0 Å². The first kappa shape index (κ1) is 22.4. The summed E-state index contributed by atoms with van der Waals surface area (Å²) < 4.78 is 0. The van der Waals surface area contributed by atoms with Crippen molar-refractivity contribution >= 4 is 17.6 Å². The number of carbonyl (C=O) groups is 2. The number of hydrogen-bond donors (Lipinski definition) is 0. The average Bonchev–Trinajstić information content (AvgIpc) is 2.79. The van der Waals surface area contributed by atoms with Crippen molar-refractivity contribution in [1.29, 1.82) is 0 Å². The second-order valence-electron chi connectivity index (χ2n) is 9.02. The first-order valence-corrected chi connectivity index (χ1v) is 11.6. The molecule has 0 N–H and O–H groups in total. The summed E-state index contributed by atoms with van der Waals surface area (Å²) in [6, 6.07) is 10.2. The van der Waals surface area contributed by atoms with Crippen LogP contribution >= 0.6 is 0 Å². The highest BCUT2D eigenvalue weighted by Crippen LogP contribution is 2.34. The number of hydrogen-bond acceptors (Lipinski definition) is 5. The zero-order valence-corrected chi connectivity index (χ0v) is 19.4. The predicted molar refractivity (Wildman–Crippen MR) is 124 cm³/mol. The third-order valence-corrected chi connectivity index (χ3v) is 6.57. The summed E-state index contributed by atoms with van der Waals surface area (Å²) in [6.45, 7) is 3.86. The zero-order chi connectivity index (χ0) is 22.7. The zero-order valence-electron chi connectivity index (χ0n) is 19.4. The van der Waals surface area contributed by atoms with Crippen molar-refractivity contribution in [1.82, 2.24) is 19.8 Å². The van der Waals surface area contributed by atoms with Crippen LogP contribution in [0.5, 0.6) is 0 Å². The van der Waals surface area contributed by atoms with Gasteiger partial charge in [0.2, 0.25) is 11.8 Å². The number of rotatable bonds is 6. The summed E-state index contributed by atoms with van der Waals surface area (Å²) in [5.74, 6) is 1.73. The second-order valence-corrected chi connectivity index (χ2v) is 9.02. The molecular formula is C25H33N5O2. The largest absolute Gasteiger partial charge is 0.348 e. The van der Waals surface area contributed by atoms with Gasteiger partial charge in [-0.05, 0) is 44.7 Å². The van der Waals surface area contributed by atoms with Crippen molar-refractivity contribution in [2.24, 2.45) is 0 Å². The lowest BCUT2D eigenvalue weighted by Gasteiger charge is -2.36. The maximum Gasteiger partial charge on any atom is 0.236 e. The first-order chi connectivity index (χ1) is 15.4. The van der Waals surface area contributed by atoms with E-state index in [1.54, 1.807) is 19.0 Å². The molecule has 1 aromatic carbocycles. The van der Waals surface area contributed by atoms with E-state index in [1.165, 1.54) is 5.56 Å². The van der Waals surface area contributed by atoms with E-state index in [0.29, 0.717) is 25.9 Å². The van der Waals surface area contributed by atoms with Crippen LogP contribution in [0, 0.1) is 6.92 Å². The minimum Gasteiger partial charge on any atom is -0.348 e. The van der Waals surface area contributed by atoms with Gasteiger partial charge in [0.05, 0.1) is 12.6 Å². The molecule has 0 aliphatic carbocycles. The lowest BCUT2D eigenvalue weighted by molar-refractivity contribution is -0.131. The molecule has 1 aromatic heterocycles. The van der Waals surface area contributed by atoms with E-state index in [1.807, 2.05) is 30.0 Å². The third kappa shape index (κ3) is 4.83. The van der Waals surface area contributed by atoms with Crippen LogP contribution in [-0.2, 0) is 22.4 Å². The average molecular weight is 436 g/mol. The second kappa shape index (κ2) is 9.77. The molecule has 32 heavy (non-hydrogen) atoms. The number of aryl methyl sites for hydroxylation is 1. The van der Waals surface area contributed by atoms with Gasteiger partial charge in [-0.2, -0.15) is 0 Å². The SMILES string of the molecule is Cc1nc(C2CCCCN2CC(=O)N(C)C)nc2c1CCC(=O)N2CCc1ccccc1. The van der Waals surface area contributed by atoms with Crippen molar-refractivity contribution in [2.45, 2.75) is 51.5 Å². The summed E-state index contributed by atoms with van der Waals surface area (Å²) in [5.41, 5.74) is 3.24. The highest BCUT2D eigenvalue weighted by molar-refractivity contribution is 5.95. The molecule has 170 valence electrons. The maximum absolute atomic E-state index is 12.9. The third-order valence-electron chi connectivity index (χ3n) is 6.57. The van der Waals surface area contributed by atoms with E-state index < -0.39 is 0 Å². The van der Waals surface area contributed by atoms with Gasteiger partial charge in [0.1, 0.15) is 11.6 Å². The molecule has 0 radical (unpaired) electrons. The highest BCUT2D eigenvalue weighted by Gasteiger charge is 2.32. The molecule has 0 saturated carbocycles. The van der Waals surface area contributed by atoms with Crippen molar-refractivity contribution in [3.05, 3.63) is 53.0 Å². The van der Waals surface area contributed by atoms with E-state index in [0.717, 1.165) is 55.1 Å². The molecule has 3 heterocycles. The fourth-order valence-electron chi connectivity index (χ4n) is 4.66. The minimum atomic E-state index is 0.00431. The summed E-state index contributed by atoms with van der Waals surface area (Å²) in [7, 11) is 3.58. The number of likely N-dealkylation sites (N-methyl/N-ethyl adjacent to an activating group) is 1. The van der Waals surface area contributed by atoms with Gasteiger partial charge in [-0.1, -0.05) is 36.8 Å². The Kier molecular flexibility index (Phi) is 6.84. The van der Waals surface area contributed by atoms with E-state index in [-0.39, 0.29) is 17.9 Å². The summed E-state index contributed by atoms with van der Waals surface area (Å²) in [4.78, 5) is 40.8. The molecule has 2 aliphatic heterocycles. The molecule has 7 heteroatoms. The Labute approximate surface area is 190 Å². The van der Waals surface area contributed by atoms with Gasteiger partial charge in [0, 0.05) is 38.3 Å². The van der Waals surface area contributed by atoms with Crippen molar-refractivity contribution < 1.29 is 9.59 Å². The molecule has 0 spiro atoms. The van der Waals surface area contributed by atoms with Crippen LogP contribution in [-0.4, -0.2) is 65.3 Å². The van der Waals surface area contributed by atoms with Crippen LogP contribution in [0.2, 0.25) is 0 Å². The topological polar surface area (TPSA) is 69.6 Å². The van der Waals surface area contributed by atoms with Gasteiger partial charge in [-0.15, -0.1) is 0 Å². The lowest BCUT2D eigenvalue weighted by atomic mass is 9.99. The molecule has 2 aliphatic rings. The number of amides is 2. The molecule has 1 atom stereocenters. The fourth-order valence-corrected chi connectivity index (χ4v) is 4.66. The maximum atomic E-state index is 12.9. The molecule has 2 amide bonds. The Balaban J connectivity index is 1.62. The Morgan fingerprint density at radius 3 is 2.66 bits per heavy atom. The normalized spacial score (nSPS) is 19.0. The smallest absolute Gasteiger partial charge is 0.236 e. The molecule has 4 rings (SSSR count). The number of aromatic nitrogens is 2. The molecule has 7 nitrogen and oxygen atoms in total. The number of likely N-dealkylation sites (tertiary alicyclic amines) is 1. The molecule has 0 bridgehead atoms. The Hall–Kier alpha value is -2.80. The number of anilines is 1. The number of benzene rings is 1. The van der Waals surface area contributed by atoms with Crippen molar-refractivity contribution in [3.63, 3.8) is 0 Å². The summed E-state index contributed by atoms with van der Waals surface area (Å²) in [5, 5.41) is 0. The monoisotopic (exact) mass is 435 g/mol. The van der Waals surface area contributed by atoms with E-state index >= 15 is 0 Å². The Morgan fingerprint density at radius 2 is 1.91 bits per heavy atom. The number of carbonyl (C=O) groups excluding carboxylic acids is 2. The fraction of sp³-hybridized carbons (Fsp3) is 0.520. The first-order valence-electron chi connectivity index (χ1n) is 11.6. The van der Waals surface area contributed by atoms with Crippen LogP contribution in [0.15, 0.2) is 30.3 Å². The number of nitrogens with zero attached hydrogens (tertiary/aromatic N) is 5. The molecule has 1 unspecified atom stereocenters. The van der Waals surface area contributed by atoms with Crippen LogP contribution in [0.25, 0.3) is 0 Å². The number of fused-ring (bicyclic) bond motifs is 1. The predicted octanol–water partition coefficient (Wildman–Crippen LogP) is 2.92. The molecule has 2 aromatic rings. The van der Waals surface area contributed by atoms with E-state index in [2.05, 4.69) is 17.0 Å². The Morgan fingerprint density at radius 1 is 1.12 bits per heavy atom. The minimum absolute atomic E-state index is 0.00431. The summed E-state index contributed by atoms with van der Waals surface area (Å²) in [6.07, 6.45) is 5.07. The van der Waals surface area contributed by atoms with Crippen molar-refractivity contribution in [2.75, 3.05) is 38.6 Å². The standard InChI is InChI=1S/C25H33N5O2/c1-18-20-12-13-22(31)30(16-14-19-9-5-4-6-10-19)25(20)27-24(26-18)21-11-7-8-15-29(21)17-23(32)28(2)3/h4-6,9-10,21H,7-8,11-17H2,1-3H3. The summed E-state index contributed by atoms with van der Waals surface area (Å²) >= 11 is 0. The molecule has 1 fully saturated rings. The van der Waals surface area contributed by atoms with E-state index in [4.69, 9.17) is 9.97 Å². The van der Waals surface area contributed by atoms with Crippen LogP contribution in [0.3, 0.4) is 0 Å². The van der Waals surface area contributed by atoms with Crippen LogP contribution in [0.1, 0.15) is 54.4 Å². The molecular weight excluding hydrogens is 402 g/mol. The lowest BCUT2D eigenvalue weighted by Crippen LogP contribution is -2.42. The van der Waals surface area contributed by atoms with Gasteiger partial charge < -0.3 is 4.90 Å². The van der Waals surface area contributed by atoms with Gasteiger partial charge in [0.25, 0.3) is 0 Å². The highest BCUT2D eigenvalue weighted by atomic mass is 16.2. The van der Waals surface area contributed by atoms with Gasteiger partial charge in [-0.3, -0.25) is 19.4 Å². The quantitative estimate of drug-likeness (QED) is 0.698. The van der Waals surface area contributed by atoms with Gasteiger partial charge in [0.15, 0.2) is 0 Å². The molecule has 1 saturated heterocycles. The van der Waals surface area contributed by atoms with Crippen LogP contribution in [0.4, 0.5) is 5.82 Å². The van der Waals surface area contributed by atoms with Crippen LogP contribution < -0.4 is 4.90 Å². The number of piperidine rings is 1. The van der Waals surface area contributed by atoms with Gasteiger partial charge >= 0.3 is 0 Å².